The first kappa shape index (κ1) is 17.7. The van der Waals surface area contributed by atoms with Gasteiger partial charge in [-0.05, 0) is 30.3 Å². The van der Waals surface area contributed by atoms with Gasteiger partial charge >= 0.3 is 5.97 Å². The minimum absolute atomic E-state index is 0.0992. The van der Waals surface area contributed by atoms with Gasteiger partial charge in [0.2, 0.25) is 0 Å². The van der Waals surface area contributed by atoms with Gasteiger partial charge in [-0.3, -0.25) is 9.59 Å². The van der Waals surface area contributed by atoms with Gasteiger partial charge in [0, 0.05) is 33.2 Å². The van der Waals surface area contributed by atoms with E-state index in [2.05, 4.69) is 10.5 Å². The zero-order valence-electron chi connectivity index (χ0n) is 14.0. The minimum atomic E-state index is -0.342. The van der Waals surface area contributed by atoms with E-state index in [9.17, 15) is 9.59 Å². The van der Waals surface area contributed by atoms with Crippen LogP contribution in [0.25, 0.3) is 10.9 Å². The molecule has 0 fully saturated rings. The topological polar surface area (TPSA) is 72.7 Å². The number of ether oxygens (including phenoxy) is 1. The number of benzene rings is 2. The van der Waals surface area contributed by atoms with Crippen LogP contribution in [0, 0.1) is 0 Å². The summed E-state index contributed by atoms with van der Waals surface area (Å²) in [7, 11) is 1.35. The van der Waals surface area contributed by atoms with Crippen molar-refractivity contribution in [2.45, 2.75) is 6.54 Å². The summed E-state index contributed by atoms with van der Waals surface area (Å²) < 4.78 is 6.50. The Morgan fingerprint density at radius 2 is 1.92 bits per heavy atom. The van der Waals surface area contributed by atoms with Crippen LogP contribution in [0.15, 0.2) is 59.8 Å². The van der Waals surface area contributed by atoms with Crippen molar-refractivity contribution >= 4 is 40.6 Å². The number of carbonyl (C=O) groups is 2. The van der Waals surface area contributed by atoms with E-state index >= 15 is 0 Å². The Morgan fingerprint density at radius 3 is 2.65 bits per heavy atom. The molecule has 0 spiro atoms. The Morgan fingerprint density at radius 1 is 1.19 bits per heavy atom. The molecule has 1 aromatic heterocycles. The molecular weight excluding hydrogens is 354 g/mol. The molecule has 0 radical (unpaired) electrons. The molecule has 3 aromatic rings. The lowest BCUT2D eigenvalue weighted by Crippen LogP contribution is -2.17. The number of carbonyl (C=O) groups excluding carboxylic acids is 2. The quantitative estimate of drug-likeness (QED) is 0.426. The van der Waals surface area contributed by atoms with E-state index in [4.69, 9.17) is 16.3 Å². The van der Waals surface area contributed by atoms with Crippen molar-refractivity contribution in [3.05, 3.63) is 70.9 Å². The molecule has 0 saturated carbocycles. The van der Waals surface area contributed by atoms with Gasteiger partial charge in [-0.15, -0.1) is 0 Å². The molecule has 7 heteroatoms. The molecule has 1 amide bonds. The van der Waals surface area contributed by atoms with Gasteiger partial charge in [0.15, 0.2) is 0 Å². The summed E-state index contributed by atoms with van der Waals surface area (Å²) in [6.07, 6.45) is 3.34. The van der Waals surface area contributed by atoms with Crippen molar-refractivity contribution in [2.75, 3.05) is 7.11 Å². The van der Waals surface area contributed by atoms with Gasteiger partial charge in [-0.25, -0.2) is 5.43 Å². The maximum atomic E-state index is 12.1. The molecule has 1 N–H and O–H groups in total. The number of para-hydroxylation sites is 1. The molecule has 0 atom stereocenters. The van der Waals surface area contributed by atoms with Crippen molar-refractivity contribution in [1.29, 1.82) is 0 Å². The van der Waals surface area contributed by atoms with Gasteiger partial charge in [-0.2, -0.15) is 5.10 Å². The Kier molecular flexibility index (Phi) is 5.34. The fourth-order valence-electron chi connectivity index (χ4n) is 2.54. The highest BCUT2D eigenvalue weighted by molar-refractivity contribution is 6.30. The fourth-order valence-corrected chi connectivity index (χ4v) is 2.66. The van der Waals surface area contributed by atoms with Crippen LogP contribution in [-0.4, -0.2) is 29.8 Å². The molecule has 26 heavy (non-hydrogen) atoms. The van der Waals surface area contributed by atoms with Crippen molar-refractivity contribution in [2.24, 2.45) is 5.10 Å². The van der Waals surface area contributed by atoms with E-state index in [1.165, 1.54) is 7.11 Å². The average Bonchev–Trinajstić information content (AvgIpc) is 3.00. The Balaban J connectivity index is 1.79. The number of amides is 1. The van der Waals surface area contributed by atoms with Crippen LogP contribution in [0.2, 0.25) is 5.02 Å². The third kappa shape index (κ3) is 3.92. The van der Waals surface area contributed by atoms with Crippen molar-refractivity contribution in [1.82, 2.24) is 9.99 Å². The van der Waals surface area contributed by atoms with Gasteiger partial charge in [0.25, 0.3) is 5.91 Å². The standard InChI is InChI=1S/C19H16ClN3O3/c1-26-18(24)12-23-11-14(16-4-2-3-5-17(16)23)10-21-22-19(25)13-6-8-15(20)9-7-13/h2-11H,12H2,1H3,(H,22,25)/b21-10-. The first-order valence-corrected chi connectivity index (χ1v) is 8.20. The molecule has 0 aliphatic carbocycles. The van der Waals surface area contributed by atoms with Crippen LogP contribution in [0.1, 0.15) is 15.9 Å². The molecule has 3 rings (SSSR count). The zero-order chi connectivity index (χ0) is 18.5. The largest absolute Gasteiger partial charge is 0.468 e. The number of methoxy groups -OCH3 is 1. The maximum absolute atomic E-state index is 12.1. The SMILES string of the molecule is COC(=O)Cn1cc(/C=N\NC(=O)c2ccc(Cl)cc2)c2ccccc21. The number of rotatable bonds is 5. The first-order valence-electron chi connectivity index (χ1n) is 7.82. The van der Waals surface area contributed by atoms with Crippen molar-refractivity contribution in [3.63, 3.8) is 0 Å². The summed E-state index contributed by atoms with van der Waals surface area (Å²) in [5.74, 6) is -0.679. The third-order valence-corrected chi connectivity index (χ3v) is 4.07. The third-order valence-electron chi connectivity index (χ3n) is 3.82. The van der Waals surface area contributed by atoms with E-state index in [-0.39, 0.29) is 18.4 Å². The summed E-state index contributed by atoms with van der Waals surface area (Å²) >= 11 is 5.81. The summed E-state index contributed by atoms with van der Waals surface area (Å²) in [5.41, 5.74) is 4.59. The van der Waals surface area contributed by atoms with Gasteiger partial charge in [-0.1, -0.05) is 29.8 Å². The molecule has 132 valence electrons. The number of hydrogen-bond donors (Lipinski definition) is 1. The predicted octanol–water partition coefficient (Wildman–Crippen LogP) is 3.23. The molecule has 6 nitrogen and oxygen atoms in total. The second-order valence-corrected chi connectivity index (χ2v) is 5.95. The van der Waals surface area contributed by atoms with Gasteiger partial charge < -0.3 is 9.30 Å². The smallest absolute Gasteiger partial charge is 0.325 e. The highest BCUT2D eigenvalue weighted by atomic mass is 35.5. The Labute approximate surface area is 155 Å². The number of halogens is 1. The molecule has 0 saturated heterocycles. The average molecular weight is 370 g/mol. The van der Waals surface area contributed by atoms with E-state index in [0.717, 1.165) is 16.5 Å². The number of esters is 1. The van der Waals surface area contributed by atoms with Crippen LogP contribution < -0.4 is 5.43 Å². The molecule has 0 aliphatic rings. The molecule has 1 heterocycles. The van der Waals surface area contributed by atoms with Gasteiger partial charge in [0.05, 0.1) is 13.3 Å². The lowest BCUT2D eigenvalue weighted by atomic mass is 10.2. The highest BCUT2D eigenvalue weighted by Crippen LogP contribution is 2.20. The normalized spacial score (nSPS) is 11.0. The van der Waals surface area contributed by atoms with E-state index < -0.39 is 0 Å². The highest BCUT2D eigenvalue weighted by Gasteiger charge is 2.10. The van der Waals surface area contributed by atoms with Crippen molar-refractivity contribution in [3.8, 4) is 0 Å². The minimum Gasteiger partial charge on any atom is -0.468 e. The molecule has 0 aliphatic heterocycles. The summed E-state index contributed by atoms with van der Waals surface area (Å²) in [6.45, 7) is 0.0992. The number of nitrogens with one attached hydrogen (secondary N) is 1. The number of nitrogens with zero attached hydrogens (tertiary/aromatic N) is 2. The number of hydrogen-bond acceptors (Lipinski definition) is 4. The predicted molar refractivity (Wildman–Crippen MR) is 100 cm³/mol. The van der Waals surface area contributed by atoms with Crippen LogP contribution in [0.4, 0.5) is 0 Å². The van der Waals surface area contributed by atoms with Crippen molar-refractivity contribution < 1.29 is 14.3 Å². The van der Waals surface area contributed by atoms with Crippen LogP contribution >= 0.6 is 11.6 Å². The molecule has 0 bridgehead atoms. The Bertz CT molecular complexity index is 977. The lowest BCUT2D eigenvalue weighted by molar-refractivity contribution is -0.141. The summed E-state index contributed by atoms with van der Waals surface area (Å²) in [5, 5.41) is 5.49. The molecule has 0 unspecified atom stereocenters. The second-order valence-electron chi connectivity index (χ2n) is 5.51. The second kappa shape index (κ2) is 7.84. The fraction of sp³-hybridized carbons (Fsp3) is 0.105. The number of fused-ring (bicyclic) bond motifs is 1. The van der Waals surface area contributed by atoms with Gasteiger partial charge in [0.1, 0.15) is 6.54 Å². The monoisotopic (exact) mass is 369 g/mol. The summed E-state index contributed by atoms with van der Waals surface area (Å²) in [4.78, 5) is 23.6. The Hall–Kier alpha value is -3.12. The van der Waals surface area contributed by atoms with E-state index in [1.807, 2.05) is 24.3 Å². The molecular formula is C19H16ClN3O3. The van der Waals surface area contributed by atoms with Crippen LogP contribution in [-0.2, 0) is 16.1 Å². The zero-order valence-corrected chi connectivity index (χ0v) is 14.7. The number of aromatic nitrogens is 1. The van der Waals surface area contributed by atoms with Crippen LogP contribution in [0.3, 0.4) is 0 Å². The molecule has 2 aromatic carbocycles. The van der Waals surface area contributed by atoms with Crippen LogP contribution in [0.5, 0.6) is 0 Å². The number of hydrazone groups is 1. The summed E-state index contributed by atoms with van der Waals surface area (Å²) in [6, 6.07) is 14.1. The maximum Gasteiger partial charge on any atom is 0.325 e. The lowest BCUT2D eigenvalue weighted by Gasteiger charge is -2.02. The van der Waals surface area contributed by atoms with E-state index in [0.29, 0.717) is 10.6 Å². The first-order chi connectivity index (χ1) is 12.6. The van der Waals surface area contributed by atoms with E-state index in [1.54, 1.807) is 41.2 Å².